The van der Waals surface area contributed by atoms with Gasteiger partial charge in [-0.25, -0.2) is 8.42 Å². The number of anilines is 1. The van der Waals surface area contributed by atoms with Gasteiger partial charge in [0.15, 0.2) is 0 Å². The van der Waals surface area contributed by atoms with Gasteiger partial charge in [-0.3, -0.25) is 9.10 Å². The van der Waals surface area contributed by atoms with Crippen LogP contribution in [0.4, 0.5) is 5.69 Å². The Morgan fingerprint density at radius 2 is 1.69 bits per heavy atom. The van der Waals surface area contributed by atoms with Crippen molar-refractivity contribution in [3.05, 3.63) is 99.6 Å². The molecule has 168 valence electrons. The summed E-state index contributed by atoms with van der Waals surface area (Å²) in [5, 5.41) is 3.51. The number of nitrogens with one attached hydrogen (secondary N) is 1. The molecule has 0 bridgehead atoms. The molecule has 3 aromatic carbocycles. The topological polar surface area (TPSA) is 66.5 Å². The summed E-state index contributed by atoms with van der Waals surface area (Å²) in [5.74, 6) is -0.221. The zero-order chi connectivity index (χ0) is 23.5. The quantitative estimate of drug-likeness (QED) is 0.501. The minimum absolute atomic E-state index is 0.105. The summed E-state index contributed by atoms with van der Waals surface area (Å²) in [4.78, 5) is 12.8. The van der Waals surface area contributed by atoms with Crippen LogP contribution in [0.15, 0.2) is 66.7 Å². The van der Waals surface area contributed by atoms with Crippen LogP contribution in [0.5, 0.6) is 0 Å². The van der Waals surface area contributed by atoms with E-state index in [9.17, 15) is 13.2 Å². The first-order chi connectivity index (χ1) is 15.1. The Morgan fingerprint density at radius 3 is 2.28 bits per heavy atom. The molecule has 0 unspecified atom stereocenters. The van der Waals surface area contributed by atoms with Crippen molar-refractivity contribution in [2.75, 3.05) is 10.6 Å². The average Bonchev–Trinajstić information content (AvgIpc) is 2.72. The number of carbonyl (C=O) groups excluding carboxylic acids is 1. The highest BCUT2D eigenvalue weighted by Gasteiger charge is 2.20. The van der Waals surface area contributed by atoms with Gasteiger partial charge in [-0.15, -0.1) is 0 Å². The van der Waals surface area contributed by atoms with E-state index in [-0.39, 0.29) is 18.5 Å². The monoisotopic (exact) mass is 470 g/mol. The van der Waals surface area contributed by atoms with Crippen LogP contribution >= 0.6 is 11.6 Å². The SMILES string of the molecule is Cc1ccc([C@H](C)NC(=O)c2ccc(N(Cc3ccccc3Cl)S(C)(=O)=O)cc2)c(C)c1. The number of amides is 1. The molecule has 0 radical (unpaired) electrons. The predicted molar refractivity (Wildman–Crippen MR) is 131 cm³/mol. The van der Waals surface area contributed by atoms with Crippen LogP contribution in [0, 0.1) is 13.8 Å². The number of nitrogens with zero attached hydrogens (tertiary/aromatic N) is 1. The molecule has 0 heterocycles. The molecule has 32 heavy (non-hydrogen) atoms. The molecule has 0 aliphatic rings. The van der Waals surface area contributed by atoms with Gasteiger partial charge in [0.1, 0.15) is 0 Å². The molecular weight excluding hydrogens is 444 g/mol. The Bertz CT molecular complexity index is 1220. The van der Waals surface area contributed by atoms with E-state index in [0.717, 1.165) is 17.4 Å². The molecule has 3 aromatic rings. The number of rotatable bonds is 7. The van der Waals surface area contributed by atoms with Gasteiger partial charge < -0.3 is 5.32 Å². The maximum atomic E-state index is 12.8. The van der Waals surface area contributed by atoms with Gasteiger partial charge in [-0.1, -0.05) is 53.6 Å². The normalized spacial score (nSPS) is 12.3. The van der Waals surface area contributed by atoms with Gasteiger partial charge in [-0.2, -0.15) is 0 Å². The van der Waals surface area contributed by atoms with E-state index in [4.69, 9.17) is 11.6 Å². The van der Waals surface area contributed by atoms with Crippen LogP contribution in [0.2, 0.25) is 5.02 Å². The van der Waals surface area contributed by atoms with E-state index in [1.165, 1.54) is 9.87 Å². The Hall–Kier alpha value is -2.83. The van der Waals surface area contributed by atoms with Crippen molar-refractivity contribution in [1.82, 2.24) is 5.32 Å². The van der Waals surface area contributed by atoms with E-state index in [1.54, 1.807) is 42.5 Å². The van der Waals surface area contributed by atoms with Crippen LogP contribution in [0.25, 0.3) is 0 Å². The molecule has 1 atom stereocenters. The second-order valence-electron chi connectivity index (χ2n) is 7.96. The molecule has 0 spiro atoms. The van der Waals surface area contributed by atoms with Crippen LogP contribution < -0.4 is 9.62 Å². The third-order valence-electron chi connectivity index (χ3n) is 5.33. The first-order valence-electron chi connectivity index (χ1n) is 10.3. The van der Waals surface area contributed by atoms with Crippen LogP contribution in [-0.4, -0.2) is 20.6 Å². The van der Waals surface area contributed by atoms with Gasteiger partial charge in [-0.05, 0) is 67.8 Å². The van der Waals surface area contributed by atoms with Crippen molar-refractivity contribution in [3.63, 3.8) is 0 Å². The fraction of sp³-hybridized carbons (Fsp3) is 0.240. The smallest absolute Gasteiger partial charge is 0.251 e. The number of carbonyl (C=O) groups is 1. The van der Waals surface area contributed by atoms with Crippen molar-refractivity contribution in [3.8, 4) is 0 Å². The van der Waals surface area contributed by atoms with E-state index in [0.29, 0.717) is 21.8 Å². The summed E-state index contributed by atoms with van der Waals surface area (Å²) >= 11 is 6.22. The van der Waals surface area contributed by atoms with E-state index >= 15 is 0 Å². The Morgan fingerprint density at radius 1 is 1.03 bits per heavy atom. The number of hydrogen-bond acceptors (Lipinski definition) is 3. The maximum absolute atomic E-state index is 12.8. The van der Waals surface area contributed by atoms with E-state index < -0.39 is 10.0 Å². The standard InChI is InChI=1S/C25H27ClN2O3S/c1-17-9-14-23(18(2)15-17)19(3)27-25(29)20-10-12-22(13-11-20)28(32(4,30)31)16-21-7-5-6-8-24(21)26/h5-15,19H,16H2,1-4H3,(H,27,29)/t19-/m0/s1. The molecule has 5 nitrogen and oxygen atoms in total. The van der Waals surface area contributed by atoms with Crippen molar-refractivity contribution in [1.29, 1.82) is 0 Å². The molecule has 0 saturated carbocycles. The van der Waals surface area contributed by atoms with E-state index in [1.807, 2.05) is 39.0 Å². The zero-order valence-electron chi connectivity index (χ0n) is 18.6. The molecular formula is C25H27ClN2O3S. The lowest BCUT2D eigenvalue weighted by Gasteiger charge is -2.23. The highest BCUT2D eigenvalue weighted by molar-refractivity contribution is 7.92. The number of aryl methyl sites for hydroxylation is 2. The Balaban J connectivity index is 1.78. The molecule has 3 rings (SSSR count). The third-order valence-corrected chi connectivity index (χ3v) is 6.84. The zero-order valence-corrected chi connectivity index (χ0v) is 20.2. The molecule has 0 fully saturated rings. The van der Waals surface area contributed by atoms with Crippen molar-refractivity contribution < 1.29 is 13.2 Å². The molecule has 7 heteroatoms. The molecule has 0 aliphatic heterocycles. The molecule has 1 amide bonds. The largest absolute Gasteiger partial charge is 0.346 e. The summed E-state index contributed by atoms with van der Waals surface area (Å²) in [7, 11) is -3.56. The highest BCUT2D eigenvalue weighted by Crippen LogP contribution is 2.25. The number of benzene rings is 3. The lowest BCUT2D eigenvalue weighted by molar-refractivity contribution is 0.0940. The van der Waals surface area contributed by atoms with Gasteiger partial charge in [0.05, 0.1) is 24.5 Å². The minimum atomic E-state index is -3.56. The van der Waals surface area contributed by atoms with Gasteiger partial charge in [0.25, 0.3) is 5.91 Å². The summed E-state index contributed by atoms with van der Waals surface area (Å²) in [5.41, 5.74) is 4.97. The maximum Gasteiger partial charge on any atom is 0.251 e. The van der Waals surface area contributed by atoms with Crippen LogP contribution in [0.1, 0.15) is 45.6 Å². The minimum Gasteiger partial charge on any atom is -0.346 e. The van der Waals surface area contributed by atoms with Gasteiger partial charge in [0.2, 0.25) is 10.0 Å². The highest BCUT2D eigenvalue weighted by atomic mass is 35.5. The predicted octanol–water partition coefficient (Wildman–Crippen LogP) is 5.41. The third kappa shape index (κ3) is 5.69. The lowest BCUT2D eigenvalue weighted by atomic mass is 10.00. The number of halogens is 1. The molecule has 0 saturated heterocycles. The first-order valence-corrected chi connectivity index (χ1v) is 12.5. The Labute approximate surface area is 195 Å². The molecule has 0 aliphatic carbocycles. The van der Waals surface area contributed by atoms with Gasteiger partial charge in [0, 0.05) is 10.6 Å². The average molecular weight is 471 g/mol. The van der Waals surface area contributed by atoms with Crippen LogP contribution in [0.3, 0.4) is 0 Å². The number of hydrogen-bond donors (Lipinski definition) is 1. The second kappa shape index (κ2) is 9.76. The van der Waals surface area contributed by atoms with Crippen molar-refractivity contribution in [2.45, 2.75) is 33.4 Å². The number of sulfonamides is 1. The Kier molecular flexibility index (Phi) is 7.26. The first kappa shape index (κ1) is 23.8. The summed E-state index contributed by atoms with van der Waals surface area (Å²) in [6.45, 7) is 6.11. The fourth-order valence-electron chi connectivity index (χ4n) is 3.63. The van der Waals surface area contributed by atoms with Crippen molar-refractivity contribution in [2.24, 2.45) is 0 Å². The summed E-state index contributed by atoms with van der Waals surface area (Å²) in [6, 6.07) is 19.6. The lowest BCUT2D eigenvalue weighted by Crippen LogP contribution is -2.30. The van der Waals surface area contributed by atoms with Crippen LogP contribution in [-0.2, 0) is 16.6 Å². The van der Waals surface area contributed by atoms with Gasteiger partial charge >= 0.3 is 0 Å². The van der Waals surface area contributed by atoms with Crippen molar-refractivity contribution >= 4 is 33.2 Å². The molecule has 0 aromatic heterocycles. The summed E-state index contributed by atoms with van der Waals surface area (Å²) in [6.07, 6.45) is 1.15. The second-order valence-corrected chi connectivity index (χ2v) is 10.3. The fourth-order valence-corrected chi connectivity index (χ4v) is 4.70. The molecule has 1 N–H and O–H groups in total. The van der Waals surface area contributed by atoms with E-state index in [2.05, 4.69) is 11.4 Å². The summed E-state index contributed by atoms with van der Waals surface area (Å²) < 4.78 is 26.1.